The van der Waals surface area contributed by atoms with Gasteiger partial charge in [0.2, 0.25) is 0 Å². The summed E-state index contributed by atoms with van der Waals surface area (Å²) in [5, 5.41) is 0. The lowest BCUT2D eigenvalue weighted by Crippen LogP contribution is -2.54. The van der Waals surface area contributed by atoms with Crippen LogP contribution in [0, 0.1) is 5.82 Å². The molecule has 4 rings (SSSR count). The SMILES string of the molecule is O=C(c1ccncc1F)N1CCC2(C1)CN(c1ccc(C(F)(F)F)cn1)CCO2. The van der Waals surface area contributed by atoms with E-state index in [1.54, 1.807) is 0 Å². The van der Waals surface area contributed by atoms with E-state index in [0.717, 1.165) is 18.5 Å². The highest BCUT2D eigenvalue weighted by molar-refractivity contribution is 5.94. The Kier molecular flexibility index (Phi) is 4.89. The number of nitrogens with zero attached hydrogens (tertiary/aromatic N) is 4. The van der Waals surface area contributed by atoms with E-state index in [4.69, 9.17) is 4.74 Å². The molecular formula is C19H18F4N4O2. The number of alkyl halides is 3. The van der Waals surface area contributed by atoms with E-state index in [2.05, 4.69) is 9.97 Å². The highest BCUT2D eigenvalue weighted by atomic mass is 19.4. The van der Waals surface area contributed by atoms with Crippen LogP contribution in [0.1, 0.15) is 22.3 Å². The van der Waals surface area contributed by atoms with Crippen LogP contribution in [0.15, 0.2) is 36.8 Å². The van der Waals surface area contributed by atoms with Crippen LogP contribution in [-0.2, 0) is 10.9 Å². The molecule has 29 heavy (non-hydrogen) atoms. The molecule has 4 heterocycles. The van der Waals surface area contributed by atoms with Crippen molar-refractivity contribution in [2.24, 2.45) is 0 Å². The number of carbonyl (C=O) groups is 1. The Morgan fingerprint density at radius 3 is 2.66 bits per heavy atom. The number of carbonyl (C=O) groups excluding carboxylic acids is 1. The summed E-state index contributed by atoms with van der Waals surface area (Å²) in [7, 11) is 0. The number of hydrogen-bond donors (Lipinski definition) is 0. The summed E-state index contributed by atoms with van der Waals surface area (Å²) in [6.07, 6.45) is -0.728. The van der Waals surface area contributed by atoms with E-state index in [-0.39, 0.29) is 12.1 Å². The number of rotatable bonds is 2. The van der Waals surface area contributed by atoms with Crippen LogP contribution in [0.3, 0.4) is 0 Å². The predicted octanol–water partition coefficient (Wildman–Crippen LogP) is 2.76. The third-order valence-electron chi connectivity index (χ3n) is 5.25. The monoisotopic (exact) mass is 410 g/mol. The van der Waals surface area contributed by atoms with Crippen molar-refractivity contribution in [3.8, 4) is 0 Å². The predicted molar refractivity (Wildman–Crippen MR) is 94.9 cm³/mol. The van der Waals surface area contributed by atoms with Crippen molar-refractivity contribution in [1.29, 1.82) is 0 Å². The van der Waals surface area contributed by atoms with Gasteiger partial charge in [-0.1, -0.05) is 0 Å². The lowest BCUT2D eigenvalue weighted by Gasteiger charge is -2.41. The van der Waals surface area contributed by atoms with Crippen LogP contribution in [-0.4, -0.2) is 59.2 Å². The quantitative estimate of drug-likeness (QED) is 0.713. The molecule has 154 valence electrons. The fourth-order valence-electron chi connectivity index (χ4n) is 3.77. The first-order valence-electron chi connectivity index (χ1n) is 9.08. The zero-order valence-corrected chi connectivity index (χ0v) is 15.3. The molecule has 0 N–H and O–H groups in total. The summed E-state index contributed by atoms with van der Waals surface area (Å²) in [5.74, 6) is -0.695. The van der Waals surface area contributed by atoms with E-state index < -0.39 is 29.1 Å². The number of aromatic nitrogens is 2. The van der Waals surface area contributed by atoms with E-state index >= 15 is 0 Å². The molecular weight excluding hydrogens is 392 g/mol. The second-order valence-electron chi connectivity index (χ2n) is 7.19. The lowest BCUT2D eigenvalue weighted by molar-refractivity contribution is -0.137. The van der Waals surface area contributed by atoms with E-state index in [0.29, 0.717) is 38.5 Å². The maximum Gasteiger partial charge on any atom is 0.417 e. The number of morpholine rings is 1. The molecule has 2 fully saturated rings. The normalized spacial score (nSPS) is 22.3. The minimum Gasteiger partial charge on any atom is -0.369 e. The summed E-state index contributed by atoms with van der Waals surface area (Å²) >= 11 is 0. The van der Waals surface area contributed by atoms with Gasteiger partial charge in [0.25, 0.3) is 5.91 Å². The van der Waals surface area contributed by atoms with Gasteiger partial charge in [0.15, 0.2) is 5.82 Å². The Labute approximate surface area is 164 Å². The fourth-order valence-corrected chi connectivity index (χ4v) is 3.77. The van der Waals surface area contributed by atoms with Gasteiger partial charge in [-0.2, -0.15) is 13.2 Å². The Hall–Kier alpha value is -2.75. The second kappa shape index (κ2) is 7.25. The van der Waals surface area contributed by atoms with Crippen LogP contribution < -0.4 is 4.90 Å². The van der Waals surface area contributed by atoms with E-state index in [9.17, 15) is 22.4 Å². The molecule has 2 aliphatic rings. The number of ether oxygens (including phenoxy) is 1. The van der Waals surface area contributed by atoms with Crippen molar-refractivity contribution in [3.63, 3.8) is 0 Å². The molecule has 1 spiro atoms. The molecule has 0 aliphatic carbocycles. The van der Waals surface area contributed by atoms with Crippen LogP contribution in [0.4, 0.5) is 23.4 Å². The number of halogens is 4. The molecule has 0 radical (unpaired) electrons. The molecule has 10 heteroatoms. The largest absolute Gasteiger partial charge is 0.417 e. The van der Waals surface area contributed by atoms with Gasteiger partial charge in [0.05, 0.1) is 37.0 Å². The molecule has 0 saturated carbocycles. The number of anilines is 1. The summed E-state index contributed by atoms with van der Waals surface area (Å²) in [5.41, 5.74) is -1.52. The molecule has 2 saturated heterocycles. The van der Waals surface area contributed by atoms with Gasteiger partial charge in [0.1, 0.15) is 11.4 Å². The van der Waals surface area contributed by atoms with Gasteiger partial charge in [-0.05, 0) is 24.6 Å². The Bertz CT molecular complexity index is 906. The van der Waals surface area contributed by atoms with Crippen LogP contribution in [0.2, 0.25) is 0 Å². The standard InChI is InChI=1S/C19H18F4N4O2/c20-15-10-24-5-3-14(15)17(28)27-6-4-18(12-27)11-26(7-8-29-18)16-2-1-13(9-25-16)19(21,22)23/h1-3,5,9-10H,4,6-8,11-12H2. The average molecular weight is 410 g/mol. The number of hydrogen-bond acceptors (Lipinski definition) is 5. The van der Waals surface area contributed by atoms with Crippen molar-refractivity contribution in [2.45, 2.75) is 18.2 Å². The maximum absolute atomic E-state index is 13.9. The van der Waals surface area contributed by atoms with Gasteiger partial charge in [0, 0.05) is 25.5 Å². The van der Waals surface area contributed by atoms with Gasteiger partial charge in [-0.3, -0.25) is 9.78 Å². The maximum atomic E-state index is 13.9. The molecule has 2 aromatic heterocycles. The van der Waals surface area contributed by atoms with Gasteiger partial charge in [-0.15, -0.1) is 0 Å². The van der Waals surface area contributed by atoms with E-state index in [1.807, 2.05) is 4.90 Å². The third kappa shape index (κ3) is 3.89. The van der Waals surface area contributed by atoms with Crippen molar-refractivity contribution in [1.82, 2.24) is 14.9 Å². The minimum atomic E-state index is -4.44. The topological polar surface area (TPSA) is 58.6 Å². The minimum absolute atomic E-state index is 0.0471. The van der Waals surface area contributed by atoms with Gasteiger partial charge in [-0.25, -0.2) is 9.37 Å². The number of pyridine rings is 2. The van der Waals surface area contributed by atoms with Crippen molar-refractivity contribution < 1.29 is 27.1 Å². The first-order valence-corrected chi connectivity index (χ1v) is 9.08. The average Bonchev–Trinajstić information content (AvgIpc) is 3.10. The van der Waals surface area contributed by atoms with Crippen LogP contribution in [0.25, 0.3) is 0 Å². The molecule has 0 aromatic carbocycles. The molecule has 2 aliphatic heterocycles. The highest BCUT2D eigenvalue weighted by Gasteiger charge is 2.45. The van der Waals surface area contributed by atoms with Crippen LogP contribution in [0.5, 0.6) is 0 Å². The molecule has 1 unspecified atom stereocenters. The third-order valence-corrected chi connectivity index (χ3v) is 5.25. The first kappa shape index (κ1) is 19.6. The second-order valence-corrected chi connectivity index (χ2v) is 7.19. The smallest absolute Gasteiger partial charge is 0.369 e. The summed E-state index contributed by atoms with van der Waals surface area (Å²) in [6, 6.07) is 3.68. The highest BCUT2D eigenvalue weighted by Crippen LogP contribution is 2.33. The van der Waals surface area contributed by atoms with Crippen LogP contribution >= 0.6 is 0 Å². The van der Waals surface area contributed by atoms with Gasteiger partial charge < -0.3 is 14.5 Å². The number of likely N-dealkylation sites (tertiary alicyclic amines) is 1. The van der Waals surface area contributed by atoms with E-state index in [1.165, 1.54) is 23.2 Å². The van der Waals surface area contributed by atoms with Crippen molar-refractivity contribution in [2.75, 3.05) is 37.7 Å². The molecule has 0 bridgehead atoms. The zero-order chi connectivity index (χ0) is 20.6. The molecule has 6 nitrogen and oxygen atoms in total. The Morgan fingerprint density at radius 1 is 1.14 bits per heavy atom. The molecule has 1 amide bonds. The van der Waals surface area contributed by atoms with Crippen molar-refractivity contribution >= 4 is 11.7 Å². The summed E-state index contributed by atoms with van der Waals surface area (Å²) in [6.45, 7) is 1.88. The Morgan fingerprint density at radius 2 is 1.97 bits per heavy atom. The zero-order valence-electron chi connectivity index (χ0n) is 15.3. The summed E-state index contributed by atoms with van der Waals surface area (Å²) < 4.78 is 58.1. The fraction of sp³-hybridized carbons (Fsp3) is 0.421. The first-order chi connectivity index (χ1) is 13.8. The Balaban J connectivity index is 1.47. The summed E-state index contributed by atoms with van der Waals surface area (Å²) in [4.78, 5) is 23.6. The molecule has 2 aromatic rings. The number of amides is 1. The van der Waals surface area contributed by atoms with Gasteiger partial charge >= 0.3 is 6.18 Å². The lowest BCUT2D eigenvalue weighted by atomic mass is 10.0. The molecule has 1 atom stereocenters. The van der Waals surface area contributed by atoms with Crippen molar-refractivity contribution in [3.05, 3.63) is 53.7 Å².